The summed E-state index contributed by atoms with van der Waals surface area (Å²) in [6, 6.07) is 0. The molecule has 0 N–H and O–H groups in total. The molecule has 0 spiro atoms. The molecule has 1 atom stereocenters. The largest absolute Gasteiger partial charge is 0.340 e. The van der Waals surface area contributed by atoms with Crippen LogP contribution in [0.2, 0.25) is 0 Å². The lowest BCUT2D eigenvalue weighted by Gasteiger charge is -2.40. The molecule has 1 amide bonds. The summed E-state index contributed by atoms with van der Waals surface area (Å²) in [5.74, 6) is 0.384. The van der Waals surface area contributed by atoms with Crippen molar-refractivity contribution >= 4 is 5.91 Å². The fourth-order valence-electron chi connectivity index (χ4n) is 3.10. The van der Waals surface area contributed by atoms with Crippen LogP contribution in [0.4, 0.5) is 0 Å². The van der Waals surface area contributed by atoms with Crippen LogP contribution in [0.3, 0.4) is 0 Å². The van der Waals surface area contributed by atoms with Crippen LogP contribution in [0, 0.1) is 5.41 Å². The van der Waals surface area contributed by atoms with Crippen LogP contribution in [0.5, 0.6) is 0 Å². The fraction of sp³-hybridized carbons (Fsp3) is 0.800. The summed E-state index contributed by atoms with van der Waals surface area (Å²) in [6.07, 6.45) is 6.47. The maximum absolute atomic E-state index is 12.7. The summed E-state index contributed by atoms with van der Waals surface area (Å²) >= 11 is 0. The van der Waals surface area contributed by atoms with Crippen LogP contribution in [-0.2, 0) is 4.79 Å². The highest BCUT2D eigenvalue weighted by Crippen LogP contribution is 2.38. The predicted octanol–water partition coefficient (Wildman–Crippen LogP) is 2.29. The summed E-state index contributed by atoms with van der Waals surface area (Å²) < 4.78 is 0. The molecule has 2 rings (SSSR count). The van der Waals surface area contributed by atoms with Crippen molar-refractivity contribution in [3.63, 3.8) is 0 Å². The Bertz CT molecular complexity index is 342. The monoisotopic (exact) mass is 250 g/mol. The Kier molecular flexibility index (Phi) is 4.10. The number of hydrogen-bond donors (Lipinski definition) is 0. The molecule has 3 heteroatoms. The average molecular weight is 250 g/mol. The topological polar surface area (TPSA) is 23.6 Å². The molecule has 102 valence electrons. The molecule has 0 aromatic rings. The Hall–Kier alpha value is -0.830. The van der Waals surface area contributed by atoms with Crippen LogP contribution >= 0.6 is 0 Å². The van der Waals surface area contributed by atoms with Gasteiger partial charge >= 0.3 is 0 Å². The van der Waals surface area contributed by atoms with Gasteiger partial charge in [-0.15, -0.1) is 0 Å². The van der Waals surface area contributed by atoms with Crippen molar-refractivity contribution in [2.24, 2.45) is 5.41 Å². The molecular weight excluding hydrogens is 224 g/mol. The van der Waals surface area contributed by atoms with Gasteiger partial charge in [-0.2, -0.15) is 0 Å². The summed E-state index contributed by atoms with van der Waals surface area (Å²) in [5, 5.41) is 0. The van der Waals surface area contributed by atoms with Crippen molar-refractivity contribution in [1.82, 2.24) is 9.80 Å². The molecule has 0 aromatic carbocycles. The fourth-order valence-corrected chi connectivity index (χ4v) is 3.10. The number of carbonyl (C=O) groups excluding carboxylic acids is 1. The summed E-state index contributed by atoms with van der Waals surface area (Å²) in [4.78, 5) is 17.1. The number of carbonyl (C=O) groups is 1. The third kappa shape index (κ3) is 2.77. The number of piperazine rings is 1. The van der Waals surface area contributed by atoms with Gasteiger partial charge in [-0.1, -0.05) is 25.5 Å². The molecular formula is C15H26N2O. The zero-order chi connectivity index (χ0) is 13.2. The van der Waals surface area contributed by atoms with E-state index in [0.29, 0.717) is 5.91 Å². The minimum atomic E-state index is -0.143. The van der Waals surface area contributed by atoms with E-state index in [-0.39, 0.29) is 5.41 Å². The predicted molar refractivity (Wildman–Crippen MR) is 74.4 cm³/mol. The van der Waals surface area contributed by atoms with Gasteiger partial charge < -0.3 is 9.80 Å². The first-order valence-corrected chi connectivity index (χ1v) is 7.21. The van der Waals surface area contributed by atoms with Gasteiger partial charge in [0.15, 0.2) is 0 Å². The molecule has 0 saturated carbocycles. The van der Waals surface area contributed by atoms with Crippen LogP contribution in [0.25, 0.3) is 0 Å². The maximum Gasteiger partial charge on any atom is 0.228 e. The van der Waals surface area contributed by atoms with Gasteiger partial charge in [-0.05, 0) is 32.7 Å². The Morgan fingerprint density at radius 2 is 2.00 bits per heavy atom. The van der Waals surface area contributed by atoms with Crippen molar-refractivity contribution in [2.75, 3.05) is 33.2 Å². The zero-order valence-corrected chi connectivity index (χ0v) is 12.0. The molecule has 1 unspecified atom stereocenters. The lowest BCUT2D eigenvalue weighted by Crippen LogP contribution is -2.52. The molecule has 2 aliphatic rings. The van der Waals surface area contributed by atoms with E-state index in [0.717, 1.165) is 51.9 Å². The van der Waals surface area contributed by atoms with Crippen molar-refractivity contribution in [3.8, 4) is 0 Å². The lowest BCUT2D eigenvalue weighted by atomic mass is 9.74. The normalized spacial score (nSPS) is 30.2. The molecule has 18 heavy (non-hydrogen) atoms. The Balaban J connectivity index is 2.02. The van der Waals surface area contributed by atoms with Gasteiger partial charge in [0.05, 0.1) is 5.41 Å². The van der Waals surface area contributed by atoms with E-state index in [1.807, 2.05) is 0 Å². The number of rotatable bonds is 2. The van der Waals surface area contributed by atoms with E-state index in [1.165, 1.54) is 5.57 Å². The van der Waals surface area contributed by atoms with Gasteiger partial charge in [0.2, 0.25) is 5.91 Å². The molecule has 1 aliphatic heterocycles. The average Bonchev–Trinajstić information content (AvgIpc) is 2.39. The second-order valence-electron chi connectivity index (χ2n) is 6.09. The van der Waals surface area contributed by atoms with Gasteiger partial charge in [0, 0.05) is 26.2 Å². The van der Waals surface area contributed by atoms with Crippen LogP contribution in [0.1, 0.15) is 39.5 Å². The van der Waals surface area contributed by atoms with Crippen LogP contribution in [0.15, 0.2) is 11.6 Å². The molecule has 1 aliphatic carbocycles. The second-order valence-corrected chi connectivity index (χ2v) is 6.09. The molecule has 1 heterocycles. The van der Waals surface area contributed by atoms with Crippen LogP contribution < -0.4 is 0 Å². The number of nitrogens with zero attached hydrogens (tertiary/aromatic N) is 2. The molecule has 1 fully saturated rings. The van der Waals surface area contributed by atoms with Gasteiger partial charge in [-0.3, -0.25) is 4.79 Å². The second kappa shape index (κ2) is 5.43. The molecule has 1 saturated heterocycles. The van der Waals surface area contributed by atoms with Gasteiger partial charge in [-0.25, -0.2) is 0 Å². The molecule has 0 bridgehead atoms. The molecule has 0 radical (unpaired) electrons. The Labute approximate surface area is 111 Å². The van der Waals surface area contributed by atoms with Crippen molar-refractivity contribution < 1.29 is 4.79 Å². The highest BCUT2D eigenvalue weighted by Gasteiger charge is 2.38. The van der Waals surface area contributed by atoms with Crippen molar-refractivity contribution in [2.45, 2.75) is 39.5 Å². The van der Waals surface area contributed by atoms with Gasteiger partial charge in [0.25, 0.3) is 0 Å². The standard InChI is InChI=1S/C15H26N2O/c1-4-13-6-5-7-15(2,12-13)14(18)17-10-8-16(3)9-11-17/h6H,4-5,7-12H2,1-3H3. The van der Waals surface area contributed by atoms with E-state index >= 15 is 0 Å². The van der Waals surface area contributed by atoms with E-state index in [2.05, 4.69) is 36.8 Å². The first-order chi connectivity index (χ1) is 8.55. The number of likely N-dealkylation sites (N-methyl/N-ethyl adjacent to an activating group) is 1. The Morgan fingerprint density at radius 3 is 2.61 bits per heavy atom. The summed E-state index contributed by atoms with van der Waals surface area (Å²) in [7, 11) is 2.13. The van der Waals surface area contributed by atoms with Gasteiger partial charge in [0.1, 0.15) is 0 Å². The smallest absolute Gasteiger partial charge is 0.228 e. The number of hydrogen-bond acceptors (Lipinski definition) is 2. The Morgan fingerprint density at radius 1 is 1.33 bits per heavy atom. The zero-order valence-electron chi connectivity index (χ0n) is 12.0. The highest BCUT2D eigenvalue weighted by molar-refractivity contribution is 5.83. The first-order valence-electron chi connectivity index (χ1n) is 7.21. The van der Waals surface area contributed by atoms with Crippen molar-refractivity contribution in [1.29, 1.82) is 0 Å². The third-order valence-electron chi connectivity index (χ3n) is 4.51. The number of allylic oxidation sites excluding steroid dienone is 2. The lowest BCUT2D eigenvalue weighted by molar-refractivity contribution is -0.143. The minimum absolute atomic E-state index is 0.143. The van der Waals surface area contributed by atoms with Crippen molar-refractivity contribution in [3.05, 3.63) is 11.6 Å². The third-order valence-corrected chi connectivity index (χ3v) is 4.51. The highest BCUT2D eigenvalue weighted by atomic mass is 16.2. The SMILES string of the molecule is CCC1=CCCC(C)(C(=O)N2CCN(C)CC2)C1. The van der Waals surface area contributed by atoms with E-state index in [9.17, 15) is 4.79 Å². The summed E-state index contributed by atoms with van der Waals surface area (Å²) in [5.41, 5.74) is 1.32. The molecule has 3 nitrogen and oxygen atoms in total. The molecule has 0 aromatic heterocycles. The van der Waals surface area contributed by atoms with E-state index < -0.39 is 0 Å². The number of amides is 1. The van der Waals surface area contributed by atoms with E-state index in [4.69, 9.17) is 0 Å². The van der Waals surface area contributed by atoms with E-state index in [1.54, 1.807) is 0 Å². The maximum atomic E-state index is 12.7. The summed E-state index contributed by atoms with van der Waals surface area (Å²) in [6.45, 7) is 8.18. The first kappa shape index (κ1) is 13.6. The van der Waals surface area contributed by atoms with Crippen LogP contribution in [-0.4, -0.2) is 48.9 Å². The minimum Gasteiger partial charge on any atom is -0.340 e. The quantitative estimate of drug-likeness (QED) is 0.702.